The van der Waals surface area contributed by atoms with E-state index in [1.54, 1.807) is 0 Å². The van der Waals surface area contributed by atoms with E-state index in [-0.39, 0.29) is 23.1 Å². The fourth-order valence-corrected chi connectivity index (χ4v) is 6.89. The summed E-state index contributed by atoms with van der Waals surface area (Å²) in [4.78, 5) is 27.8. The molecule has 0 aromatic heterocycles. The van der Waals surface area contributed by atoms with E-state index in [0.717, 1.165) is 74.2 Å². The number of rotatable bonds is 3. The molecule has 5 fully saturated rings. The molecule has 1 N–H and O–H groups in total. The molecule has 0 spiro atoms. The molecule has 0 saturated heterocycles. The van der Waals surface area contributed by atoms with Gasteiger partial charge in [-0.15, -0.1) is 0 Å². The molecule has 1 aromatic rings. The monoisotopic (exact) mass is 364 g/mol. The Bertz CT molecular complexity index is 790. The topological polar surface area (TPSA) is 49.4 Å². The molecule has 0 unspecified atom stereocenters. The van der Waals surface area contributed by atoms with Crippen LogP contribution in [-0.4, -0.2) is 18.4 Å². The van der Waals surface area contributed by atoms with Gasteiger partial charge in [-0.2, -0.15) is 0 Å². The summed E-state index contributed by atoms with van der Waals surface area (Å²) in [6.45, 7) is 0.789. The highest BCUT2D eigenvalue weighted by atomic mass is 16.2. The number of benzene rings is 1. The molecule has 1 aliphatic heterocycles. The second-order valence-electron chi connectivity index (χ2n) is 10.0. The molecule has 1 heterocycles. The van der Waals surface area contributed by atoms with E-state index in [2.05, 4.69) is 11.4 Å². The van der Waals surface area contributed by atoms with Gasteiger partial charge in [0.25, 0.3) is 0 Å². The summed E-state index contributed by atoms with van der Waals surface area (Å²) in [5, 5.41) is 3.26. The normalized spacial score (nSPS) is 36.0. The molecule has 27 heavy (non-hydrogen) atoms. The first kappa shape index (κ1) is 16.1. The van der Waals surface area contributed by atoms with Gasteiger partial charge >= 0.3 is 0 Å². The lowest BCUT2D eigenvalue weighted by Gasteiger charge is -2.55. The average Bonchev–Trinajstić information content (AvgIpc) is 3.40. The predicted octanol–water partition coefficient (Wildman–Crippen LogP) is 4.14. The minimum Gasteiger partial charge on any atom is -0.326 e. The van der Waals surface area contributed by atoms with E-state index >= 15 is 0 Å². The van der Waals surface area contributed by atoms with E-state index in [1.807, 2.05) is 17.0 Å². The Morgan fingerprint density at radius 1 is 1.00 bits per heavy atom. The Morgan fingerprint density at radius 3 is 2.30 bits per heavy atom. The summed E-state index contributed by atoms with van der Waals surface area (Å²) >= 11 is 0. The molecule has 0 radical (unpaired) electrons. The number of fused-ring (bicyclic) bond motifs is 1. The van der Waals surface area contributed by atoms with Crippen LogP contribution in [0.25, 0.3) is 0 Å². The second-order valence-corrected chi connectivity index (χ2v) is 10.0. The molecule has 7 rings (SSSR count). The highest BCUT2D eigenvalue weighted by Gasteiger charge is 2.54. The first-order valence-electron chi connectivity index (χ1n) is 10.9. The molecule has 4 heteroatoms. The lowest BCUT2D eigenvalue weighted by atomic mass is 9.49. The molecular weight excluding hydrogens is 336 g/mol. The van der Waals surface area contributed by atoms with E-state index in [9.17, 15) is 9.59 Å². The summed E-state index contributed by atoms with van der Waals surface area (Å²) in [6.07, 6.45) is 10.3. The number of nitrogens with one attached hydrogen (secondary N) is 1. The van der Waals surface area contributed by atoms with Crippen molar-refractivity contribution in [3.05, 3.63) is 23.8 Å². The maximum Gasteiger partial charge on any atom is 0.230 e. The Balaban J connectivity index is 1.24. The standard InChI is InChI=1S/C23H28N2O2/c26-21(18-1-2-18)25-6-5-17-3-4-19(10-20(17)25)24-22(27)23-11-14-7-15(12-23)9-16(8-14)13-23/h3-4,10,14-16,18H,1-2,5-9,11-13H2,(H,24,27). The molecule has 4 bridgehead atoms. The highest BCUT2D eigenvalue weighted by molar-refractivity contribution is 6.00. The minimum atomic E-state index is -0.128. The number of hydrogen-bond acceptors (Lipinski definition) is 2. The number of hydrogen-bond donors (Lipinski definition) is 1. The van der Waals surface area contributed by atoms with Crippen LogP contribution in [-0.2, 0) is 16.0 Å². The van der Waals surface area contributed by atoms with Crippen LogP contribution < -0.4 is 10.2 Å². The molecule has 1 aromatic carbocycles. The number of carbonyl (C=O) groups is 2. The zero-order valence-corrected chi connectivity index (χ0v) is 15.9. The maximum absolute atomic E-state index is 13.3. The van der Waals surface area contributed by atoms with Gasteiger partial charge < -0.3 is 10.2 Å². The van der Waals surface area contributed by atoms with Crippen LogP contribution in [0, 0.1) is 29.1 Å². The lowest BCUT2D eigenvalue weighted by Crippen LogP contribution is -2.51. The molecule has 6 aliphatic rings. The second kappa shape index (κ2) is 5.59. The fourth-order valence-electron chi connectivity index (χ4n) is 6.89. The number of nitrogens with zero attached hydrogens (tertiary/aromatic N) is 1. The van der Waals surface area contributed by atoms with E-state index < -0.39 is 0 Å². The molecule has 0 atom stereocenters. The Labute approximate surface area is 160 Å². The number of amides is 2. The maximum atomic E-state index is 13.3. The first-order chi connectivity index (χ1) is 13.1. The van der Waals surface area contributed by atoms with Crippen LogP contribution in [0.4, 0.5) is 11.4 Å². The van der Waals surface area contributed by atoms with Gasteiger partial charge in [-0.05, 0) is 93.2 Å². The van der Waals surface area contributed by atoms with E-state index in [1.165, 1.54) is 24.8 Å². The molecule has 5 saturated carbocycles. The van der Waals surface area contributed by atoms with E-state index in [0.29, 0.717) is 0 Å². The summed E-state index contributed by atoms with van der Waals surface area (Å²) in [7, 11) is 0. The van der Waals surface area contributed by atoms with Gasteiger partial charge in [0.2, 0.25) is 11.8 Å². The smallest absolute Gasteiger partial charge is 0.230 e. The van der Waals surface area contributed by atoms with Gasteiger partial charge in [0.15, 0.2) is 0 Å². The summed E-state index contributed by atoms with van der Waals surface area (Å²) in [5.74, 6) is 3.06. The van der Waals surface area contributed by atoms with Crippen LogP contribution >= 0.6 is 0 Å². The summed E-state index contributed by atoms with van der Waals surface area (Å²) in [5.41, 5.74) is 2.99. The molecule has 2 amide bonds. The fraction of sp³-hybridized carbons (Fsp3) is 0.652. The van der Waals surface area contributed by atoms with Crippen molar-refractivity contribution >= 4 is 23.2 Å². The first-order valence-corrected chi connectivity index (χ1v) is 10.9. The quantitative estimate of drug-likeness (QED) is 0.876. The number of carbonyl (C=O) groups excluding carboxylic acids is 2. The van der Waals surface area contributed by atoms with Gasteiger partial charge in [-0.1, -0.05) is 6.07 Å². The van der Waals surface area contributed by atoms with E-state index in [4.69, 9.17) is 0 Å². The number of anilines is 2. The van der Waals surface area contributed by atoms with Crippen molar-refractivity contribution in [2.75, 3.05) is 16.8 Å². The summed E-state index contributed by atoms with van der Waals surface area (Å²) < 4.78 is 0. The molecular formula is C23H28N2O2. The van der Waals surface area contributed by atoms with Gasteiger partial charge in [-0.25, -0.2) is 0 Å². The van der Waals surface area contributed by atoms with Gasteiger partial charge in [-0.3, -0.25) is 9.59 Å². The van der Waals surface area contributed by atoms with Crippen molar-refractivity contribution in [1.29, 1.82) is 0 Å². The molecule has 142 valence electrons. The third-order valence-electron chi connectivity index (χ3n) is 7.95. The van der Waals surface area contributed by atoms with Crippen LogP contribution in [0.5, 0.6) is 0 Å². The largest absolute Gasteiger partial charge is 0.326 e. The van der Waals surface area contributed by atoms with Crippen molar-refractivity contribution < 1.29 is 9.59 Å². The van der Waals surface area contributed by atoms with Crippen molar-refractivity contribution in [3.8, 4) is 0 Å². The Hall–Kier alpha value is -1.84. The van der Waals surface area contributed by atoms with Gasteiger partial charge in [0, 0.05) is 23.8 Å². The Morgan fingerprint density at radius 2 is 1.67 bits per heavy atom. The average molecular weight is 364 g/mol. The lowest BCUT2D eigenvalue weighted by molar-refractivity contribution is -0.140. The predicted molar refractivity (Wildman–Crippen MR) is 104 cm³/mol. The van der Waals surface area contributed by atoms with Crippen molar-refractivity contribution in [1.82, 2.24) is 0 Å². The highest BCUT2D eigenvalue weighted by Crippen LogP contribution is 2.60. The van der Waals surface area contributed by atoms with Crippen molar-refractivity contribution in [2.24, 2.45) is 29.1 Å². The van der Waals surface area contributed by atoms with Gasteiger partial charge in [0.1, 0.15) is 0 Å². The molecule has 5 aliphatic carbocycles. The molecule has 4 nitrogen and oxygen atoms in total. The third-order valence-corrected chi connectivity index (χ3v) is 7.95. The Kier molecular flexibility index (Phi) is 3.34. The van der Waals surface area contributed by atoms with Crippen molar-refractivity contribution in [2.45, 2.75) is 57.8 Å². The minimum absolute atomic E-state index is 0.128. The van der Waals surface area contributed by atoms with Crippen molar-refractivity contribution in [3.63, 3.8) is 0 Å². The summed E-state index contributed by atoms with van der Waals surface area (Å²) in [6, 6.07) is 6.17. The van der Waals surface area contributed by atoms with Crippen LogP contribution in [0.2, 0.25) is 0 Å². The van der Waals surface area contributed by atoms with Crippen LogP contribution in [0.15, 0.2) is 18.2 Å². The zero-order valence-electron chi connectivity index (χ0n) is 15.9. The van der Waals surface area contributed by atoms with Crippen LogP contribution in [0.1, 0.15) is 56.9 Å². The SMILES string of the molecule is O=C(C1CC1)N1CCc2ccc(NC(=O)C34CC5CC(CC(C5)C3)C4)cc21. The zero-order chi connectivity index (χ0) is 18.2. The third kappa shape index (κ3) is 2.55. The van der Waals surface area contributed by atoms with Crippen LogP contribution in [0.3, 0.4) is 0 Å². The van der Waals surface area contributed by atoms with Gasteiger partial charge in [0.05, 0.1) is 5.41 Å².